The lowest BCUT2D eigenvalue weighted by atomic mass is 10.1. The van der Waals surface area contributed by atoms with Crippen molar-refractivity contribution >= 4 is 39.2 Å². The Bertz CT molecular complexity index is 795. The zero-order chi connectivity index (χ0) is 17.1. The Labute approximate surface area is 143 Å². The molecule has 0 heterocycles. The summed E-state index contributed by atoms with van der Waals surface area (Å²) in [4.78, 5) is 22.0. The van der Waals surface area contributed by atoms with Gasteiger partial charge in [-0.05, 0) is 28.1 Å². The van der Waals surface area contributed by atoms with E-state index in [2.05, 4.69) is 20.7 Å². The summed E-state index contributed by atoms with van der Waals surface area (Å²) in [6.07, 6.45) is 0. The van der Waals surface area contributed by atoms with E-state index in [0.29, 0.717) is 5.02 Å². The van der Waals surface area contributed by atoms with E-state index in [1.54, 1.807) is 0 Å². The van der Waals surface area contributed by atoms with Crippen LogP contribution in [-0.2, 0) is 4.74 Å². The minimum Gasteiger partial charge on any atom is -0.504 e. The molecule has 0 saturated carbocycles. The first-order valence-electron chi connectivity index (χ1n) is 6.06. The van der Waals surface area contributed by atoms with Gasteiger partial charge in [-0.1, -0.05) is 11.6 Å². The van der Waals surface area contributed by atoms with E-state index in [0.717, 1.165) is 19.2 Å². The minimum absolute atomic E-state index is 0.0692. The van der Waals surface area contributed by atoms with Crippen LogP contribution in [0.25, 0.3) is 0 Å². The van der Waals surface area contributed by atoms with Crippen molar-refractivity contribution in [3.63, 3.8) is 0 Å². The predicted molar refractivity (Wildman–Crippen MR) is 85.3 cm³/mol. The highest BCUT2D eigenvalue weighted by molar-refractivity contribution is 9.10. The number of nitro groups is 1. The fourth-order valence-corrected chi connectivity index (χ4v) is 2.32. The zero-order valence-corrected chi connectivity index (χ0v) is 13.9. The fraction of sp³-hybridized carbons (Fsp3) is 0.0714. The molecule has 0 aliphatic heterocycles. The average Bonchev–Trinajstić information content (AvgIpc) is 2.50. The van der Waals surface area contributed by atoms with Crippen LogP contribution >= 0.6 is 27.5 Å². The monoisotopic (exact) mass is 401 g/mol. The molecular weight excluding hydrogens is 394 g/mol. The lowest BCUT2D eigenvalue weighted by molar-refractivity contribution is -0.385. The van der Waals surface area contributed by atoms with Gasteiger partial charge in [0.2, 0.25) is 0 Å². The number of esters is 1. The number of carbonyl (C=O) groups excluding carboxylic acids is 1. The fourth-order valence-electron chi connectivity index (χ4n) is 1.74. The molecule has 0 aliphatic carbocycles. The van der Waals surface area contributed by atoms with E-state index in [1.165, 1.54) is 18.2 Å². The zero-order valence-electron chi connectivity index (χ0n) is 11.6. The number of nitro benzene ring substituents is 1. The second-order valence-corrected chi connectivity index (χ2v) is 5.55. The molecule has 0 aromatic heterocycles. The Balaban J connectivity index is 2.50. The van der Waals surface area contributed by atoms with Gasteiger partial charge in [0.1, 0.15) is 11.3 Å². The Morgan fingerprint density at radius 3 is 2.57 bits per heavy atom. The van der Waals surface area contributed by atoms with Crippen LogP contribution in [-0.4, -0.2) is 23.1 Å². The van der Waals surface area contributed by atoms with Crippen LogP contribution in [0.5, 0.6) is 17.2 Å². The van der Waals surface area contributed by atoms with Crippen molar-refractivity contribution in [3.8, 4) is 17.2 Å². The molecule has 0 saturated heterocycles. The van der Waals surface area contributed by atoms with Crippen molar-refractivity contribution in [1.82, 2.24) is 0 Å². The van der Waals surface area contributed by atoms with Gasteiger partial charge in [0.05, 0.1) is 16.5 Å². The number of benzene rings is 2. The molecule has 1 N–H and O–H groups in total. The van der Waals surface area contributed by atoms with Crippen LogP contribution in [0.1, 0.15) is 10.4 Å². The normalized spacial score (nSPS) is 10.2. The molecule has 0 atom stereocenters. The number of hydrogen-bond donors (Lipinski definition) is 1. The number of hydrogen-bond acceptors (Lipinski definition) is 6. The third-order valence-electron chi connectivity index (χ3n) is 2.79. The molecule has 0 aliphatic rings. The highest BCUT2D eigenvalue weighted by Gasteiger charge is 2.24. The van der Waals surface area contributed by atoms with Gasteiger partial charge < -0.3 is 14.6 Å². The standard InChI is InChI=1S/C14H9BrClNO6/c1-22-14(19)8-5-13(9(15)6-10(8)17(20)21)23-12-3-2-7(16)4-11(12)18/h2-6,18H,1H3. The van der Waals surface area contributed by atoms with Crippen molar-refractivity contribution in [2.45, 2.75) is 0 Å². The van der Waals surface area contributed by atoms with E-state index in [-0.39, 0.29) is 27.3 Å². The summed E-state index contributed by atoms with van der Waals surface area (Å²) in [5.41, 5.74) is -0.708. The molecule has 9 heteroatoms. The number of nitrogens with zero attached hydrogens (tertiary/aromatic N) is 1. The van der Waals surface area contributed by atoms with Crippen molar-refractivity contribution in [2.75, 3.05) is 7.11 Å². The van der Waals surface area contributed by atoms with Crippen molar-refractivity contribution in [3.05, 3.63) is 55.5 Å². The van der Waals surface area contributed by atoms with Gasteiger partial charge in [-0.25, -0.2) is 4.79 Å². The number of halogens is 2. The lowest BCUT2D eigenvalue weighted by Crippen LogP contribution is -2.06. The SMILES string of the molecule is COC(=O)c1cc(Oc2ccc(Cl)cc2O)c(Br)cc1[N+](=O)[O-]. The van der Waals surface area contributed by atoms with Crippen LogP contribution < -0.4 is 4.74 Å². The van der Waals surface area contributed by atoms with Crippen LogP contribution in [0.4, 0.5) is 5.69 Å². The number of rotatable bonds is 4. The van der Waals surface area contributed by atoms with Crippen molar-refractivity contribution in [2.24, 2.45) is 0 Å². The molecule has 2 rings (SSSR count). The molecule has 7 nitrogen and oxygen atoms in total. The molecule has 23 heavy (non-hydrogen) atoms. The van der Waals surface area contributed by atoms with Crippen molar-refractivity contribution in [1.29, 1.82) is 0 Å². The molecule has 0 amide bonds. The van der Waals surface area contributed by atoms with Gasteiger partial charge in [0.15, 0.2) is 11.5 Å². The molecule has 2 aromatic carbocycles. The molecule has 0 fully saturated rings. The molecule has 2 aromatic rings. The van der Waals surface area contributed by atoms with E-state index in [9.17, 15) is 20.0 Å². The maximum Gasteiger partial charge on any atom is 0.345 e. The summed E-state index contributed by atoms with van der Waals surface area (Å²) in [7, 11) is 1.11. The van der Waals surface area contributed by atoms with Gasteiger partial charge in [-0.3, -0.25) is 10.1 Å². The van der Waals surface area contributed by atoms with Crippen LogP contribution in [0.3, 0.4) is 0 Å². The molecule has 0 bridgehead atoms. The first-order chi connectivity index (χ1) is 10.8. The summed E-state index contributed by atoms with van der Waals surface area (Å²) in [5.74, 6) is -0.940. The van der Waals surface area contributed by atoms with Crippen LogP contribution in [0.15, 0.2) is 34.8 Å². The Morgan fingerprint density at radius 1 is 1.30 bits per heavy atom. The lowest BCUT2D eigenvalue weighted by Gasteiger charge is -2.11. The quantitative estimate of drug-likeness (QED) is 0.465. The summed E-state index contributed by atoms with van der Waals surface area (Å²) < 4.78 is 10.2. The summed E-state index contributed by atoms with van der Waals surface area (Å²) in [5, 5.41) is 21.1. The van der Waals surface area contributed by atoms with Crippen LogP contribution in [0, 0.1) is 10.1 Å². The summed E-state index contributed by atoms with van der Waals surface area (Å²) in [6, 6.07) is 6.47. The van der Waals surface area contributed by atoms with E-state index >= 15 is 0 Å². The number of phenols is 1. The minimum atomic E-state index is -0.880. The van der Waals surface area contributed by atoms with E-state index in [4.69, 9.17) is 16.3 Å². The summed E-state index contributed by atoms with van der Waals surface area (Å²) >= 11 is 8.86. The molecule has 0 radical (unpaired) electrons. The van der Waals surface area contributed by atoms with Gasteiger partial charge in [0.25, 0.3) is 5.69 Å². The maximum atomic E-state index is 11.7. The number of ether oxygens (including phenoxy) is 2. The molecule has 0 unspecified atom stereocenters. The first-order valence-corrected chi connectivity index (χ1v) is 7.23. The van der Waals surface area contributed by atoms with Crippen molar-refractivity contribution < 1.29 is 24.3 Å². The highest BCUT2D eigenvalue weighted by atomic mass is 79.9. The topological polar surface area (TPSA) is 98.9 Å². The molecular formula is C14H9BrClNO6. The number of methoxy groups -OCH3 is 1. The highest BCUT2D eigenvalue weighted by Crippen LogP contribution is 2.39. The Kier molecular flexibility index (Phi) is 5.07. The van der Waals surface area contributed by atoms with E-state index in [1.807, 2.05) is 0 Å². The average molecular weight is 403 g/mol. The summed E-state index contributed by atoms with van der Waals surface area (Å²) in [6.45, 7) is 0. The Morgan fingerprint density at radius 2 is 2.00 bits per heavy atom. The Hall–Kier alpha value is -2.32. The third kappa shape index (κ3) is 3.72. The van der Waals surface area contributed by atoms with E-state index < -0.39 is 16.6 Å². The second kappa shape index (κ2) is 6.84. The molecule has 120 valence electrons. The smallest absolute Gasteiger partial charge is 0.345 e. The first kappa shape index (κ1) is 17.0. The third-order valence-corrected chi connectivity index (χ3v) is 3.65. The second-order valence-electron chi connectivity index (χ2n) is 4.26. The van der Waals surface area contributed by atoms with Gasteiger partial charge in [0, 0.05) is 23.2 Å². The molecule has 0 spiro atoms. The largest absolute Gasteiger partial charge is 0.504 e. The number of phenolic OH excluding ortho intramolecular Hbond substituents is 1. The number of aromatic hydroxyl groups is 1. The van der Waals surface area contributed by atoms with Gasteiger partial charge in [-0.15, -0.1) is 0 Å². The predicted octanol–water partition coefficient (Wildman–Crippen LogP) is 4.30. The number of carbonyl (C=O) groups is 1. The van der Waals surface area contributed by atoms with Gasteiger partial charge >= 0.3 is 5.97 Å². The maximum absolute atomic E-state index is 11.7. The van der Waals surface area contributed by atoms with Gasteiger partial charge in [-0.2, -0.15) is 0 Å². The van der Waals surface area contributed by atoms with Crippen LogP contribution in [0.2, 0.25) is 5.02 Å².